The van der Waals surface area contributed by atoms with Crippen LogP contribution in [0.5, 0.6) is 0 Å². The molecular weight excluding hydrogens is 629 g/mol. The summed E-state index contributed by atoms with van der Waals surface area (Å²) >= 11 is 0. The first kappa shape index (κ1) is 34.3. The molecule has 0 bridgehead atoms. The van der Waals surface area contributed by atoms with Gasteiger partial charge in [-0.15, -0.1) is 0 Å². The minimum Gasteiger partial charge on any atom is -0.311 e. The van der Waals surface area contributed by atoms with Crippen LogP contribution in [-0.4, -0.2) is 0 Å². The Bertz CT molecular complexity index is 2120. The lowest BCUT2D eigenvalue weighted by molar-refractivity contribution is 0.960. The van der Waals surface area contributed by atoms with Crippen molar-refractivity contribution in [2.45, 2.75) is 40.5 Å². The van der Waals surface area contributed by atoms with E-state index in [1.54, 1.807) is 0 Å². The highest BCUT2D eigenvalue weighted by atomic mass is 15.1. The van der Waals surface area contributed by atoms with Gasteiger partial charge in [-0.05, 0) is 136 Å². The van der Waals surface area contributed by atoms with E-state index in [-0.39, 0.29) is 0 Å². The van der Waals surface area contributed by atoms with Crippen LogP contribution in [-0.2, 0) is 12.8 Å². The van der Waals surface area contributed by atoms with Gasteiger partial charge in [-0.3, -0.25) is 0 Å². The van der Waals surface area contributed by atoms with Gasteiger partial charge in [0.05, 0.1) is 0 Å². The largest absolute Gasteiger partial charge is 0.311 e. The number of hydrogen-bond donors (Lipinski definition) is 0. The molecule has 0 aromatic heterocycles. The molecule has 0 heterocycles. The highest BCUT2D eigenvalue weighted by molar-refractivity contribution is 5.79. The monoisotopic (exact) mass is 674 g/mol. The molecule has 2 heteroatoms. The van der Waals surface area contributed by atoms with Crippen molar-refractivity contribution in [3.05, 3.63) is 214 Å². The quantitative estimate of drug-likeness (QED) is 0.126. The average Bonchev–Trinajstić information content (AvgIpc) is 3.18. The number of aryl methyl sites for hydroxylation is 6. The fourth-order valence-corrected chi connectivity index (χ4v) is 6.49. The molecule has 52 heavy (non-hydrogen) atoms. The van der Waals surface area contributed by atoms with Crippen LogP contribution in [0.4, 0.5) is 34.1 Å². The Balaban J connectivity index is 0.989. The zero-order chi connectivity index (χ0) is 35.9. The third-order valence-corrected chi connectivity index (χ3v) is 9.66. The Kier molecular flexibility index (Phi) is 10.5. The smallest absolute Gasteiger partial charge is 0.0462 e. The van der Waals surface area contributed by atoms with E-state index >= 15 is 0 Å². The van der Waals surface area contributed by atoms with E-state index in [4.69, 9.17) is 0 Å². The summed E-state index contributed by atoms with van der Waals surface area (Å²) in [6.07, 6.45) is 6.39. The SMILES string of the molecule is Cc1ccc(N(c2ccc(C)cc2)c2ccc(/C=C\c3ccc(CCc4ccc(N(c5ccc(C)cc5)c5ccc(C)cc5)cc4)cc3)cc2)cc1. The number of rotatable bonds is 11. The van der Waals surface area contributed by atoms with Crippen molar-refractivity contribution in [1.29, 1.82) is 0 Å². The Morgan fingerprint density at radius 2 is 0.500 bits per heavy atom. The third-order valence-electron chi connectivity index (χ3n) is 9.66. The molecule has 0 aliphatic rings. The number of nitrogens with zero attached hydrogens (tertiary/aromatic N) is 2. The van der Waals surface area contributed by atoms with Crippen LogP contribution in [0.3, 0.4) is 0 Å². The predicted octanol–water partition coefficient (Wildman–Crippen LogP) is 13.8. The summed E-state index contributed by atoms with van der Waals surface area (Å²) in [4.78, 5) is 4.64. The van der Waals surface area contributed by atoms with Crippen LogP contribution in [0, 0.1) is 27.7 Å². The zero-order valence-electron chi connectivity index (χ0n) is 30.6. The van der Waals surface area contributed by atoms with E-state index in [1.807, 2.05) is 0 Å². The fraction of sp³-hybridized carbons (Fsp3) is 0.120. The minimum atomic E-state index is 0.999. The Hall–Kier alpha value is -6.12. The summed E-state index contributed by atoms with van der Waals surface area (Å²) in [5.41, 5.74) is 17.0. The van der Waals surface area contributed by atoms with Crippen molar-refractivity contribution in [3.63, 3.8) is 0 Å². The number of hydrogen-bond acceptors (Lipinski definition) is 2. The van der Waals surface area contributed by atoms with E-state index in [0.29, 0.717) is 0 Å². The van der Waals surface area contributed by atoms with Crippen LogP contribution in [0.15, 0.2) is 170 Å². The molecule has 0 aliphatic heterocycles. The molecule has 7 rings (SSSR count). The minimum absolute atomic E-state index is 0.999. The molecule has 0 atom stereocenters. The summed E-state index contributed by atoms with van der Waals surface area (Å²) in [6, 6.07) is 61.8. The highest BCUT2D eigenvalue weighted by Crippen LogP contribution is 2.36. The van der Waals surface area contributed by atoms with E-state index < -0.39 is 0 Å². The molecule has 0 saturated heterocycles. The fourth-order valence-electron chi connectivity index (χ4n) is 6.49. The van der Waals surface area contributed by atoms with Gasteiger partial charge < -0.3 is 9.80 Å². The van der Waals surface area contributed by atoms with Gasteiger partial charge in [-0.2, -0.15) is 0 Å². The van der Waals surface area contributed by atoms with Crippen LogP contribution in [0.1, 0.15) is 44.5 Å². The molecule has 0 fully saturated rings. The van der Waals surface area contributed by atoms with E-state index in [0.717, 1.165) is 47.0 Å². The molecule has 0 N–H and O–H groups in total. The summed E-state index contributed by atoms with van der Waals surface area (Å²) in [6.45, 7) is 8.52. The summed E-state index contributed by atoms with van der Waals surface area (Å²) in [7, 11) is 0. The molecule has 0 aliphatic carbocycles. The summed E-state index contributed by atoms with van der Waals surface area (Å²) < 4.78 is 0. The molecule has 256 valence electrons. The van der Waals surface area contributed by atoms with Gasteiger partial charge in [-0.25, -0.2) is 0 Å². The molecule has 0 spiro atoms. The zero-order valence-corrected chi connectivity index (χ0v) is 30.6. The highest BCUT2D eigenvalue weighted by Gasteiger charge is 2.14. The maximum atomic E-state index is 2.33. The van der Waals surface area contributed by atoms with Crippen molar-refractivity contribution >= 4 is 46.3 Å². The van der Waals surface area contributed by atoms with Gasteiger partial charge in [0.15, 0.2) is 0 Å². The second-order valence-corrected chi connectivity index (χ2v) is 13.8. The first-order valence-electron chi connectivity index (χ1n) is 18.2. The Morgan fingerprint density at radius 3 is 0.788 bits per heavy atom. The molecular formula is C50H46N2. The molecule has 0 amide bonds. The van der Waals surface area contributed by atoms with Gasteiger partial charge in [0, 0.05) is 34.1 Å². The number of benzene rings is 7. The van der Waals surface area contributed by atoms with Crippen molar-refractivity contribution < 1.29 is 0 Å². The molecule has 7 aromatic carbocycles. The molecule has 0 saturated carbocycles. The van der Waals surface area contributed by atoms with E-state index in [2.05, 4.69) is 220 Å². The maximum Gasteiger partial charge on any atom is 0.0462 e. The van der Waals surface area contributed by atoms with Crippen LogP contribution in [0.2, 0.25) is 0 Å². The lowest BCUT2D eigenvalue weighted by Gasteiger charge is -2.26. The van der Waals surface area contributed by atoms with Crippen molar-refractivity contribution in [1.82, 2.24) is 0 Å². The van der Waals surface area contributed by atoms with Gasteiger partial charge in [0.1, 0.15) is 0 Å². The third kappa shape index (κ3) is 8.42. The van der Waals surface area contributed by atoms with Crippen LogP contribution in [0.25, 0.3) is 12.2 Å². The summed E-state index contributed by atoms with van der Waals surface area (Å²) in [5, 5.41) is 0. The first-order chi connectivity index (χ1) is 25.4. The molecule has 7 aromatic rings. The normalized spacial score (nSPS) is 11.2. The average molecular weight is 675 g/mol. The lowest BCUT2D eigenvalue weighted by atomic mass is 10.0. The van der Waals surface area contributed by atoms with Gasteiger partial charge in [0.25, 0.3) is 0 Å². The summed E-state index contributed by atoms with van der Waals surface area (Å²) in [5.74, 6) is 0. The van der Waals surface area contributed by atoms with Crippen molar-refractivity contribution in [2.75, 3.05) is 9.80 Å². The molecule has 2 nitrogen and oxygen atoms in total. The van der Waals surface area contributed by atoms with Crippen LogP contribution < -0.4 is 9.80 Å². The topological polar surface area (TPSA) is 6.48 Å². The second kappa shape index (κ2) is 15.8. The Morgan fingerprint density at radius 1 is 0.288 bits per heavy atom. The molecule has 0 unspecified atom stereocenters. The number of anilines is 6. The van der Waals surface area contributed by atoms with E-state index in [9.17, 15) is 0 Å². The van der Waals surface area contributed by atoms with Gasteiger partial charge in [0.2, 0.25) is 0 Å². The van der Waals surface area contributed by atoms with Crippen molar-refractivity contribution in [3.8, 4) is 0 Å². The second-order valence-electron chi connectivity index (χ2n) is 13.8. The first-order valence-corrected chi connectivity index (χ1v) is 18.2. The Labute approximate surface area is 310 Å². The maximum absolute atomic E-state index is 2.33. The lowest BCUT2D eigenvalue weighted by Crippen LogP contribution is -2.10. The molecule has 0 radical (unpaired) electrons. The van der Waals surface area contributed by atoms with Gasteiger partial charge in [-0.1, -0.05) is 131 Å². The van der Waals surface area contributed by atoms with Crippen LogP contribution >= 0.6 is 0 Å². The van der Waals surface area contributed by atoms with Crippen molar-refractivity contribution in [2.24, 2.45) is 0 Å². The van der Waals surface area contributed by atoms with E-state index in [1.165, 1.54) is 44.5 Å². The predicted molar refractivity (Wildman–Crippen MR) is 224 cm³/mol. The standard InChI is InChI=1S/C50H46N2/c1-37-5-25-45(26-6-37)51(46-27-7-38(2)8-28-46)49-33-21-43(22-34-49)19-17-41-13-15-42(16-14-41)18-20-44-23-35-50(36-24-44)52(47-29-9-39(3)10-30-47)48-31-11-40(4)12-32-48/h5-17,19,21-36H,18,20H2,1-4H3/b19-17-. The van der Waals surface area contributed by atoms with Gasteiger partial charge >= 0.3 is 0 Å².